The minimum atomic E-state index is -0.560. The molecule has 0 fully saturated rings. The molecule has 1 atom stereocenters. The fourth-order valence-electron chi connectivity index (χ4n) is 1.27. The Morgan fingerprint density at radius 3 is 2.89 bits per heavy atom. The summed E-state index contributed by atoms with van der Waals surface area (Å²) in [5.41, 5.74) is -0.182. The maximum atomic E-state index is 11.9. The van der Waals surface area contributed by atoms with Gasteiger partial charge in [0.1, 0.15) is 12.2 Å². The summed E-state index contributed by atoms with van der Waals surface area (Å²) < 4.78 is 1.13. The predicted octanol–water partition coefficient (Wildman–Crippen LogP) is 0.959. The summed E-state index contributed by atoms with van der Waals surface area (Å²) in [5, 5.41) is 16.5. The summed E-state index contributed by atoms with van der Waals surface area (Å²) in [5.74, 6) is 2.42. The molecule has 0 aliphatic carbocycles. The second-order valence-electron chi connectivity index (χ2n) is 4.23. The molecule has 0 bridgehead atoms. The van der Waals surface area contributed by atoms with Crippen molar-refractivity contribution in [2.24, 2.45) is 5.92 Å². The van der Waals surface area contributed by atoms with Gasteiger partial charge in [-0.2, -0.15) is 5.10 Å². The van der Waals surface area contributed by atoms with Gasteiger partial charge in [0.05, 0.1) is 17.3 Å². The van der Waals surface area contributed by atoms with E-state index in [2.05, 4.69) is 16.3 Å². The van der Waals surface area contributed by atoms with E-state index in [1.54, 1.807) is 0 Å². The van der Waals surface area contributed by atoms with E-state index in [1.807, 2.05) is 13.8 Å². The first-order valence-electron chi connectivity index (χ1n) is 5.58. The fraction of sp³-hybridized carbons (Fsp3) is 0.500. The zero-order valence-corrected chi connectivity index (χ0v) is 11.1. The van der Waals surface area contributed by atoms with Crippen molar-refractivity contribution in [2.45, 2.75) is 26.5 Å². The van der Waals surface area contributed by atoms with Crippen molar-refractivity contribution < 1.29 is 5.11 Å². The van der Waals surface area contributed by atoms with Crippen molar-refractivity contribution in [3.05, 3.63) is 21.6 Å². The summed E-state index contributed by atoms with van der Waals surface area (Å²) in [6.45, 7) is 4.10. The molecule has 2 N–H and O–H groups in total. The first-order chi connectivity index (χ1) is 8.47. The molecule has 0 aliphatic rings. The van der Waals surface area contributed by atoms with Crippen LogP contribution in [-0.4, -0.2) is 27.5 Å². The molecule has 6 heteroatoms. The number of rotatable bonds is 5. The predicted molar refractivity (Wildman–Crippen MR) is 71.7 cm³/mol. The summed E-state index contributed by atoms with van der Waals surface area (Å²) in [4.78, 5) is 11.9. The lowest BCUT2D eigenvalue weighted by Crippen LogP contribution is -2.30. The average Bonchev–Trinajstić information content (AvgIpc) is 2.32. The smallest absolute Gasteiger partial charge is 0.292 e. The van der Waals surface area contributed by atoms with Crippen molar-refractivity contribution in [3.63, 3.8) is 0 Å². The molecule has 1 aromatic heterocycles. The van der Waals surface area contributed by atoms with Crippen LogP contribution in [0.5, 0.6) is 0 Å². The molecule has 1 heterocycles. The fourth-order valence-corrected chi connectivity index (χ4v) is 1.46. The largest absolute Gasteiger partial charge is 0.391 e. The first-order valence-corrected chi connectivity index (χ1v) is 5.96. The first kappa shape index (κ1) is 14.6. The van der Waals surface area contributed by atoms with Gasteiger partial charge >= 0.3 is 0 Å². The average molecular weight is 270 g/mol. The number of aliphatic hydroxyl groups excluding tert-OH is 1. The quantitative estimate of drug-likeness (QED) is 0.782. The SMILES string of the molecule is C#CCn1ncc(Cl)c(NCC(O)C(C)C)c1=O. The van der Waals surface area contributed by atoms with Crippen LogP contribution in [0.25, 0.3) is 0 Å². The number of anilines is 1. The number of nitrogens with zero attached hydrogens (tertiary/aromatic N) is 2. The molecule has 0 radical (unpaired) electrons. The van der Waals surface area contributed by atoms with Crippen molar-refractivity contribution in [1.29, 1.82) is 0 Å². The minimum Gasteiger partial charge on any atom is -0.391 e. The summed E-state index contributed by atoms with van der Waals surface area (Å²) in [6, 6.07) is 0. The standard InChI is InChI=1S/C12H16ClN3O2/c1-4-5-16-12(18)11(9(13)6-15-16)14-7-10(17)8(2)3/h1,6,8,10,14,17H,5,7H2,2-3H3. The highest BCUT2D eigenvalue weighted by atomic mass is 35.5. The van der Waals surface area contributed by atoms with Crippen LogP contribution < -0.4 is 10.9 Å². The Labute approximate surface area is 111 Å². The zero-order chi connectivity index (χ0) is 13.7. The second-order valence-corrected chi connectivity index (χ2v) is 4.63. The molecule has 1 rings (SSSR count). The lowest BCUT2D eigenvalue weighted by atomic mass is 10.1. The Kier molecular flexibility index (Phi) is 5.20. The topological polar surface area (TPSA) is 67.2 Å². The van der Waals surface area contributed by atoms with Gasteiger partial charge in [-0.15, -0.1) is 6.42 Å². The monoisotopic (exact) mass is 269 g/mol. The van der Waals surface area contributed by atoms with E-state index in [-0.39, 0.29) is 29.7 Å². The minimum absolute atomic E-state index is 0.0808. The molecule has 98 valence electrons. The van der Waals surface area contributed by atoms with Crippen molar-refractivity contribution in [2.75, 3.05) is 11.9 Å². The van der Waals surface area contributed by atoms with Gasteiger partial charge in [0, 0.05) is 6.54 Å². The van der Waals surface area contributed by atoms with E-state index in [4.69, 9.17) is 18.0 Å². The highest BCUT2D eigenvalue weighted by Crippen LogP contribution is 2.15. The van der Waals surface area contributed by atoms with E-state index < -0.39 is 11.7 Å². The van der Waals surface area contributed by atoms with Gasteiger partial charge in [0.15, 0.2) is 0 Å². The Morgan fingerprint density at radius 1 is 1.67 bits per heavy atom. The van der Waals surface area contributed by atoms with E-state index in [0.717, 1.165) is 4.68 Å². The van der Waals surface area contributed by atoms with Crippen LogP contribution in [0.15, 0.2) is 11.0 Å². The Bertz CT molecular complexity index is 505. The molecule has 1 aromatic rings. The summed E-state index contributed by atoms with van der Waals surface area (Å²) >= 11 is 5.89. The zero-order valence-electron chi connectivity index (χ0n) is 10.4. The molecule has 0 saturated heterocycles. The third-order valence-electron chi connectivity index (χ3n) is 2.50. The third-order valence-corrected chi connectivity index (χ3v) is 2.78. The number of halogens is 1. The normalized spacial score (nSPS) is 12.2. The van der Waals surface area contributed by atoms with E-state index in [1.165, 1.54) is 6.20 Å². The molecule has 1 unspecified atom stereocenters. The second kappa shape index (κ2) is 6.43. The van der Waals surface area contributed by atoms with E-state index in [0.29, 0.717) is 0 Å². The van der Waals surface area contributed by atoms with Gasteiger partial charge in [0.2, 0.25) is 0 Å². The summed E-state index contributed by atoms with van der Waals surface area (Å²) in [6.07, 6.45) is 5.93. The van der Waals surface area contributed by atoms with E-state index in [9.17, 15) is 9.90 Å². The number of nitrogens with one attached hydrogen (secondary N) is 1. The van der Waals surface area contributed by atoms with Crippen LogP contribution in [0.2, 0.25) is 5.02 Å². The molecule has 0 amide bonds. The Hall–Kier alpha value is -1.51. The molecule has 0 spiro atoms. The van der Waals surface area contributed by atoms with Crippen LogP contribution in [0.4, 0.5) is 5.69 Å². The van der Waals surface area contributed by atoms with Gasteiger partial charge in [-0.1, -0.05) is 31.4 Å². The highest BCUT2D eigenvalue weighted by Gasteiger charge is 2.13. The Balaban J connectivity index is 2.92. The molecule has 0 saturated carbocycles. The molecule has 0 aliphatic heterocycles. The number of aliphatic hydroxyl groups is 1. The number of aromatic nitrogens is 2. The van der Waals surface area contributed by atoms with Crippen LogP contribution in [0, 0.1) is 18.3 Å². The summed E-state index contributed by atoms with van der Waals surface area (Å²) in [7, 11) is 0. The van der Waals surface area contributed by atoms with Gasteiger partial charge in [0.25, 0.3) is 5.56 Å². The van der Waals surface area contributed by atoms with Gasteiger partial charge in [-0.05, 0) is 5.92 Å². The van der Waals surface area contributed by atoms with Crippen molar-refractivity contribution >= 4 is 17.3 Å². The van der Waals surface area contributed by atoms with Crippen LogP contribution in [0.1, 0.15) is 13.8 Å². The number of hydrogen-bond acceptors (Lipinski definition) is 4. The Morgan fingerprint density at radius 2 is 2.33 bits per heavy atom. The highest BCUT2D eigenvalue weighted by molar-refractivity contribution is 6.32. The molecular weight excluding hydrogens is 254 g/mol. The molecule has 0 aromatic carbocycles. The van der Waals surface area contributed by atoms with E-state index >= 15 is 0 Å². The maximum Gasteiger partial charge on any atom is 0.292 e. The number of terminal acetylenes is 1. The van der Waals surface area contributed by atoms with Gasteiger partial charge in [-0.25, -0.2) is 4.68 Å². The maximum absolute atomic E-state index is 11.9. The van der Waals surface area contributed by atoms with Crippen molar-refractivity contribution in [1.82, 2.24) is 9.78 Å². The lowest BCUT2D eigenvalue weighted by molar-refractivity contribution is 0.138. The number of hydrogen-bond donors (Lipinski definition) is 2. The van der Waals surface area contributed by atoms with Gasteiger partial charge in [-0.3, -0.25) is 4.79 Å². The van der Waals surface area contributed by atoms with Gasteiger partial charge < -0.3 is 10.4 Å². The van der Waals surface area contributed by atoms with Crippen molar-refractivity contribution in [3.8, 4) is 12.3 Å². The van der Waals surface area contributed by atoms with Crippen LogP contribution in [0.3, 0.4) is 0 Å². The molecule has 18 heavy (non-hydrogen) atoms. The molecule has 5 nitrogen and oxygen atoms in total. The van der Waals surface area contributed by atoms with Crippen LogP contribution in [-0.2, 0) is 6.54 Å². The van der Waals surface area contributed by atoms with Crippen LogP contribution >= 0.6 is 11.6 Å². The lowest BCUT2D eigenvalue weighted by Gasteiger charge is -2.16. The third kappa shape index (κ3) is 3.49. The molecular formula is C12H16ClN3O2.